The van der Waals surface area contributed by atoms with E-state index in [4.69, 9.17) is 4.74 Å². The Morgan fingerprint density at radius 3 is 2.78 bits per heavy atom. The van der Waals surface area contributed by atoms with Gasteiger partial charge in [0, 0.05) is 13.1 Å². The molecule has 4 heteroatoms. The summed E-state index contributed by atoms with van der Waals surface area (Å²) < 4.78 is 6.05. The summed E-state index contributed by atoms with van der Waals surface area (Å²) in [7, 11) is 1.96. The summed E-state index contributed by atoms with van der Waals surface area (Å²) >= 11 is 0. The Morgan fingerprint density at radius 2 is 2.13 bits per heavy atom. The van der Waals surface area contributed by atoms with Gasteiger partial charge in [-0.15, -0.1) is 0 Å². The Morgan fingerprint density at radius 1 is 1.39 bits per heavy atom. The van der Waals surface area contributed by atoms with Crippen molar-refractivity contribution in [2.45, 2.75) is 46.1 Å². The van der Waals surface area contributed by atoms with E-state index in [1.807, 2.05) is 31.9 Å². The SMILES string of the molecule is CNC[C@H]1CCN(C(=O)[C@@H](C)Oc2cc(C)ccc2C(C)C)C1. The lowest BCUT2D eigenvalue weighted by Crippen LogP contribution is -2.39. The van der Waals surface area contributed by atoms with Gasteiger partial charge in [0.05, 0.1) is 0 Å². The van der Waals surface area contributed by atoms with Gasteiger partial charge in [-0.1, -0.05) is 26.0 Å². The molecular formula is C19H30N2O2. The van der Waals surface area contributed by atoms with Crippen LogP contribution in [-0.4, -0.2) is 43.6 Å². The van der Waals surface area contributed by atoms with Crippen LogP contribution in [0.5, 0.6) is 5.75 Å². The van der Waals surface area contributed by atoms with E-state index in [1.54, 1.807) is 0 Å². The number of nitrogens with zero attached hydrogens (tertiary/aromatic N) is 1. The Balaban J connectivity index is 2.03. The maximum atomic E-state index is 12.6. The molecule has 2 atom stereocenters. The van der Waals surface area contributed by atoms with Crippen LogP contribution >= 0.6 is 0 Å². The number of hydrogen-bond acceptors (Lipinski definition) is 3. The molecule has 0 radical (unpaired) electrons. The second kappa shape index (κ2) is 7.82. The van der Waals surface area contributed by atoms with Gasteiger partial charge in [0.2, 0.25) is 0 Å². The second-order valence-corrected chi connectivity index (χ2v) is 6.95. The maximum absolute atomic E-state index is 12.6. The molecule has 4 nitrogen and oxygen atoms in total. The minimum Gasteiger partial charge on any atom is -0.481 e. The van der Waals surface area contributed by atoms with Crippen LogP contribution in [0.3, 0.4) is 0 Å². The third-order valence-electron chi connectivity index (χ3n) is 4.53. The van der Waals surface area contributed by atoms with E-state index in [1.165, 1.54) is 0 Å². The monoisotopic (exact) mass is 318 g/mol. The maximum Gasteiger partial charge on any atom is 0.263 e. The van der Waals surface area contributed by atoms with E-state index in [0.717, 1.165) is 42.9 Å². The van der Waals surface area contributed by atoms with Crippen LogP contribution in [-0.2, 0) is 4.79 Å². The third kappa shape index (κ3) is 4.47. The number of hydrogen-bond donors (Lipinski definition) is 1. The lowest BCUT2D eigenvalue weighted by molar-refractivity contribution is -0.137. The van der Waals surface area contributed by atoms with Crippen LogP contribution in [0.2, 0.25) is 0 Å². The zero-order valence-electron chi connectivity index (χ0n) is 15.1. The molecule has 0 saturated carbocycles. The summed E-state index contributed by atoms with van der Waals surface area (Å²) in [5.41, 5.74) is 2.31. The zero-order chi connectivity index (χ0) is 17.0. The van der Waals surface area contributed by atoms with Gasteiger partial charge in [-0.25, -0.2) is 0 Å². The van der Waals surface area contributed by atoms with Crippen LogP contribution in [0, 0.1) is 12.8 Å². The molecule has 0 spiro atoms. The van der Waals surface area contributed by atoms with Crippen molar-refractivity contribution in [3.8, 4) is 5.75 Å². The van der Waals surface area contributed by atoms with E-state index in [2.05, 4.69) is 31.3 Å². The lowest BCUT2D eigenvalue weighted by atomic mass is 10.0. The van der Waals surface area contributed by atoms with Gasteiger partial charge in [0.1, 0.15) is 5.75 Å². The first kappa shape index (κ1) is 17.8. The van der Waals surface area contributed by atoms with Gasteiger partial charge >= 0.3 is 0 Å². The molecule has 128 valence electrons. The van der Waals surface area contributed by atoms with Gasteiger partial charge in [0.25, 0.3) is 5.91 Å². The average molecular weight is 318 g/mol. The van der Waals surface area contributed by atoms with E-state index in [0.29, 0.717) is 11.8 Å². The number of carbonyl (C=O) groups excluding carboxylic acids is 1. The van der Waals surface area contributed by atoms with E-state index >= 15 is 0 Å². The summed E-state index contributed by atoms with van der Waals surface area (Å²) in [5.74, 6) is 1.87. The van der Waals surface area contributed by atoms with Gasteiger partial charge in [-0.05, 0) is 62.9 Å². The summed E-state index contributed by atoms with van der Waals surface area (Å²) in [6, 6.07) is 6.23. The Labute approximate surface area is 140 Å². The van der Waals surface area contributed by atoms with Crippen LogP contribution < -0.4 is 10.1 Å². The van der Waals surface area contributed by atoms with Crippen LogP contribution in [0.4, 0.5) is 0 Å². The minimum atomic E-state index is -0.442. The molecule has 1 heterocycles. The summed E-state index contributed by atoms with van der Waals surface area (Å²) in [6.45, 7) is 10.8. The van der Waals surface area contributed by atoms with Crippen LogP contribution in [0.1, 0.15) is 44.2 Å². The fourth-order valence-electron chi connectivity index (χ4n) is 3.21. The van der Waals surface area contributed by atoms with Gasteiger partial charge in [-0.3, -0.25) is 4.79 Å². The average Bonchev–Trinajstić information content (AvgIpc) is 2.95. The molecule has 1 aromatic rings. The number of carbonyl (C=O) groups is 1. The van der Waals surface area contributed by atoms with Crippen molar-refractivity contribution in [1.29, 1.82) is 0 Å². The predicted molar refractivity (Wildman–Crippen MR) is 94.0 cm³/mol. The van der Waals surface area contributed by atoms with Crippen molar-refractivity contribution >= 4 is 5.91 Å². The molecule has 1 aliphatic heterocycles. The largest absolute Gasteiger partial charge is 0.481 e. The number of nitrogens with one attached hydrogen (secondary N) is 1. The van der Waals surface area contributed by atoms with Gasteiger partial charge in [0.15, 0.2) is 6.10 Å². The standard InChI is InChI=1S/C19H30N2O2/c1-13(2)17-7-6-14(3)10-18(17)23-15(4)19(22)21-9-8-16(12-21)11-20-5/h6-7,10,13,15-16,20H,8-9,11-12H2,1-5H3/t15-,16-/m1/s1. The minimum absolute atomic E-state index is 0.0971. The van der Waals surface area contributed by atoms with Crippen molar-refractivity contribution in [3.63, 3.8) is 0 Å². The molecular weight excluding hydrogens is 288 g/mol. The highest BCUT2D eigenvalue weighted by atomic mass is 16.5. The van der Waals surface area contributed by atoms with Crippen LogP contribution in [0.15, 0.2) is 18.2 Å². The smallest absolute Gasteiger partial charge is 0.263 e. The number of rotatable bonds is 6. The van der Waals surface area contributed by atoms with E-state index in [9.17, 15) is 4.79 Å². The summed E-state index contributed by atoms with van der Waals surface area (Å²) in [4.78, 5) is 14.6. The second-order valence-electron chi connectivity index (χ2n) is 6.95. The third-order valence-corrected chi connectivity index (χ3v) is 4.53. The lowest BCUT2D eigenvalue weighted by Gasteiger charge is -2.24. The Hall–Kier alpha value is -1.55. The normalized spacial score (nSPS) is 19.2. The molecule has 2 rings (SSSR count). The molecule has 23 heavy (non-hydrogen) atoms. The molecule has 1 saturated heterocycles. The Bertz CT molecular complexity index is 542. The molecule has 0 bridgehead atoms. The zero-order valence-corrected chi connectivity index (χ0v) is 15.1. The van der Waals surface area contributed by atoms with Crippen molar-refractivity contribution in [2.24, 2.45) is 5.92 Å². The molecule has 0 unspecified atom stereocenters. The van der Waals surface area contributed by atoms with Crippen LogP contribution in [0.25, 0.3) is 0 Å². The van der Waals surface area contributed by atoms with E-state index < -0.39 is 6.10 Å². The van der Waals surface area contributed by atoms with E-state index in [-0.39, 0.29) is 5.91 Å². The molecule has 1 aliphatic rings. The molecule has 1 aromatic carbocycles. The van der Waals surface area contributed by atoms with Crippen molar-refractivity contribution in [3.05, 3.63) is 29.3 Å². The first-order valence-electron chi connectivity index (χ1n) is 8.63. The molecule has 0 aromatic heterocycles. The van der Waals surface area contributed by atoms with Crippen molar-refractivity contribution < 1.29 is 9.53 Å². The summed E-state index contributed by atoms with van der Waals surface area (Å²) in [6.07, 6.45) is 0.628. The first-order chi connectivity index (χ1) is 10.9. The topological polar surface area (TPSA) is 41.6 Å². The van der Waals surface area contributed by atoms with Gasteiger partial charge < -0.3 is 15.0 Å². The number of amides is 1. The number of benzene rings is 1. The molecule has 0 aliphatic carbocycles. The van der Waals surface area contributed by atoms with Gasteiger partial charge in [-0.2, -0.15) is 0 Å². The highest BCUT2D eigenvalue weighted by Gasteiger charge is 2.29. The summed E-state index contributed by atoms with van der Waals surface area (Å²) in [5, 5.41) is 3.20. The molecule has 1 fully saturated rings. The number of likely N-dealkylation sites (tertiary alicyclic amines) is 1. The first-order valence-corrected chi connectivity index (χ1v) is 8.63. The fourth-order valence-corrected chi connectivity index (χ4v) is 3.21. The molecule has 1 amide bonds. The Kier molecular flexibility index (Phi) is 6.05. The van der Waals surface area contributed by atoms with Crippen molar-refractivity contribution in [1.82, 2.24) is 10.2 Å². The fraction of sp³-hybridized carbons (Fsp3) is 0.632. The predicted octanol–water partition coefficient (Wildman–Crippen LogP) is 2.95. The number of aryl methyl sites for hydroxylation is 1. The quantitative estimate of drug-likeness (QED) is 0.877. The highest BCUT2D eigenvalue weighted by Crippen LogP contribution is 2.29. The van der Waals surface area contributed by atoms with Crippen molar-refractivity contribution in [2.75, 3.05) is 26.7 Å². The molecule has 1 N–H and O–H groups in total. The number of ether oxygens (including phenoxy) is 1. The highest BCUT2D eigenvalue weighted by molar-refractivity contribution is 5.81.